The van der Waals surface area contributed by atoms with Crippen LogP contribution in [0.3, 0.4) is 0 Å². The fourth-order valence-electron chi connectivity index (χ4n) is 1.06. The fraction of sp³-hybridized carbons (Fsp3) is 0. The lowest BCUT2D eigenvalue weighted by atomic mass is 10.3. The zero-order chi connectivity index (χ0) is 12.4. The largest absolute Gasteiger partial charge is 0.228 e. The van der Waals surface area contributed by atoms with Gasteiger partial charge in [0.15, 0.2) is 11.6 Å². The summed E-state index contributed by atoms with van der Waals surface area (Å²) in [6, 6.07) is 3.63. The Morgan fingerprint density at radius 1 is 1.18 bits per heavy atom. The van der Waals surface area contributed by atoms with Crippen molar-refractivity contribution in [3.63, 3.8) is 0 Å². The zero-order valence-electron chi connectivity index (χ0n) is 8.12. The van der Waals surface area contributed by atoms with Crippen molar-refractivity contribution in [3.05, 3.63) is 45.8 Å². The molecular formula is C10H4BrClF2N2S. The summed E-state index contributed by atoms with van der Waals surface area (Å²) in [6.45, 7) is 0. The molecule has 1 aromatic carbocycles. The van der Waals surface area contributed by atoms with Gasteiger partial charge in [-0.25, -0.2) is 18.7 Å². The van der Waals surface area contributed by atoms with Crippen molar-refractivity contribution in [2.75, 3.05) is 0 Å². The Bertz CT molecular complexity index is 568. The number of aromatic nitrogens is 2. The van der Waals surface area contributed by atoms with Crippen LogP contribution in [0, 0.1) is 11.6 Å². The average Bonchev–Trinajstić information content (AvgIpc) is 2.30. The molecule has 0 bridgehead atoms. The minimum absolute atomic E-state index is 0.269. The van der Waals surface area contributed by atoms with Crippen molar-refractivity contribution >= 4 is 39.3 Å². The quantitative estimate of drug-likeness (QED) is 0.763. The summed E-state index contributed by atoms with van der Waals surface area (Å²) in [4.78, 5) is 8.29. The van der Waals surface area contributed by atoms with Crippen molar-refractivity contribution in [3.8, 4) is 0 Å². The van der Waals surface area contributed by atoms with Crippen LogP contribution in [0.5, 0.6) is 0 Å². The number of halogens is 4. The second-order valence-corrected chi connectivity index (χ2v) is 5.17. The van der Waals surface area contributed by atoms with Gasteiger partial charge in [0.05, 0.1) is 4.47 Å². The van der Waals surface area contributed by atoms with Crippen molar-refractivity contribution in [1.29, 1.82) is 0 Å². The van der Waals surface area contributed by atoms with E-state index in [1.165, 1.54) is 12.4 Å². The van der Waals surface area contributed by atoms with Gasteiger partial charge in [0.2, 0.25) is 0 Å². The monoisotopic (exact) mass is 336 g/mol. The molecule has 0 N–H and O–H groups in total. The molecule has 0 saturated heterocycles. The minimum Gasteiger partial charge on any atom is -0.228 e. The standard InChI is InChI=1S/C10H4BrClF2N2S/c11-8-9(12)15-4-16-10(8)17-5-1-2-6(13)7(14)3-5/h1-4H. The van der Waals surface area contributed by atoms with Crippen LogP contribution < -0.4 is 0 Å². The van der Waals surface area contributed by atoms with E-state index in [9.17, 15) is 8.78 Å². The first-order valence-corrected chi connectivity index (χ1v) is 6.35. The van der Waals surface area contributed by atoms with Crippen LogP contribution in [-0.2, 0) is 0 Å². The molecule has 2 aromatic rings. The third-order valence-corrected chi connectivity index (χ3v) is 4.34. The van der Waals surface area contributed by atoms with Crippen LogP contribution in [0.4, 0.5) is 8.78 Å². The molecule has 0 saturated carbocycles. The molecule has 1 aromatic heterocycles. The van der Waals surface area contributed by atoms with E-state index in [1.807, 2.05) is 0 Å². The van der Waals surface area contributed by atoms with E-state index in [-0.39, 0.29) is 5.15 Å². The highest BCUT2D eigenvalue weighted by Gasteiger charge is 2.10. The molecule has 0 amide bonds. The summed E-state index contributed by atoms with van der Waals surface area (Å²) < 4.78 is 26.3. The predicted molar refractivity (Wildman–Crippen MR) is 65.2 cm³/mol. The van der Waals surface area contributed by atoms with Crippen LogP contribution in [0.25, 0.3) is 0 Å². The number of benzene rings is 1. The van der Waals surface area contributed by atoms with Gasteiger partial charge in [-0.1, -0.05) is 23.4 Å². The van der Waals surface area contributed by atoms with E-state index >= 15 is 0 Å². The molecule has 17 heavy (non-hydrogen) atoms. The van der Waals surface area contributed by atoms with Gasteiger partial charge in [-0.05, 0) is 34.1 Å². The van der Waals surface area contributed by atoms with Crippen molar-refractivity contribution < 1.29 is 8.78 Å². The first-order valence-electron chi connectivity index (χ1n) is 4.37. The Labute approximate surface area is 114 Å². The molecule has 0 spiro atoms. The summed E-state index contributed by atoms with van der Waals surface area (Å²) in [6.07, 6.45) is 1.30. The average molecular weight is 338 g/mol. The highest BCUT2D eigenvalue weighted by molar-refractivity contribution is 9.10. The Kier molecular flexibility index (Phi) is 3.96. The molecule has 2 rings (SSSR count). The van der Waals surface area contributed by atoms with E-state index in [0.717, 1.165) is 23.9 Å². The maximum Gasteiger partial charge on any atom is 0.159 e. The fourth-order valence-corrected chi connectivity index (χ4v) is 2.50. The van der Waals surface area contributed by atoms with Gasteiger partial charge in [-0.2, -0.15) is 0 Å². The topological polar surface area (TPSA) is 25.8 Å². The molecule has 0 unspecified atom stereocenters. The molecule has 0 atom stereocenters. The van der Waals surface area contributed by atoms with Gasteiger partial charge in [0.25, 0.3) is 0 Å². The second kappa shape index (κ2) is 5.29. The molecule has 0 aliphatic carbocycles. The minimum atomic E-state index is -0.897. The second-order valence-electron chi connectivity index (χ2n) is 2.96. The van der Waals surface area contributed by atoms with E-state index in [4.69, 9.17) is 11.6 Å². The van der Waals surface area contributed by atoms with E-state index in [1.54, 1.807) is 0 Å². The summed E-state index contributed by atoms with van der Waals surface area (Å²) in [5.41, 5.74) is 0. The van der Waals surface area contributed by atoms with Crippen molar-refractivity contribution in [2.45, 2.75) is 9.92 Å². The first-order chi connectivity index (χ1) is 8.08. The predicted octanol–water partition coefficient (Wildman–Crippen LogP) is 4.32. The van der Waals surface area contributed by atoms with Crippen LogP contribution in [0.15, 0.2) is 38.9 Å². The number of nitrogens with zero attached hydrogens (tertiary/aromatic N) is 2. The van der Waals surface area contributed by atoms with Crippen molar-refractivity contribution in [2.24, 2.45) is 0 Å². The Balaban J connectivity index is 2.31. The summed E-state index contributed by atoms with van der Waals surface area (Å²) >= 11 is 10.2. The van der Waals surface area contributed by atoms with Crippen LogP contribution in [0.1, 0.15) is 0 Å². The molecule has 0 aliphatic heterocycles. The lowest BCUT2D eigenvalue weighted by Crippen LogP contribution is -1.88. The van der Waals surface area contributed by atoms with Gasteiger partial charge in [-0.15, -0.1) is 0 Å². The van der Waals surface area contributed by atoms with Crippen LogP contribution >= 0.6 is 39.3 Å². The molecule has 1 heterocycles. The molecule has 7 heteroatoms. The van der Waals surface area contributed by atoms with Crippen LogP contribution in [-0.4, -0.2) is 9.97 Å². The molecule has 0 radical (unpaired) electrons. The van der Waals surface area contributed by atoms with Crippen molar-refractivity contribution in [1.82, 2.24) is 9.97 Å². The normalized spacial score (nSPS) is 10.6. The molecule has 88 valence electrons. The third kappa shape index (κ3) is 2.94. The number of rotatable bonds is 2. The van der Waals surface area contributed by atoms with Gasteiger partial charge < -0.3 is 0 Å². The van der Waals surface area contributed by atoms with E-state index in [2.05, 4.69) is 25.9 Å². The van der Waals surface area contributed by atoms with E-state index < -0.39 is 11.6 Å². The first kappa shape index (κ1) is 12.7. The van der Waals surface area contributed by atoms with Gasteiger partial charge in [0, 0.05) is 4.90 Å². The zero-order valence-corrected chi connectivity index (χ0v) is 11.3. The van der Waals surface area contributed by atoms with Gasteiger partial charge >= 0.3 is 0 Å². The Morgan fingerprint density at radius 3 is 2.65 bits per heavy atom. The summed E-state index contributed by atoms with van der Waals surface area (Å²) in [5, 5.41) is 0.807. The molecule has 2 nitrogen and oxygen atoms in total. The molecule has 0 fully saturated rings. The molecule has 0 aliphatic rings. The maximum absolute atomic E-state index is 13.0. The molecular weight excluding hydrogens is 334 g/mol. The third-order valence-electron chi connectivity index (χ3n) is 1.82. The summed E-state index contributed by atoms with van der Waals surface area (Å²) in [7, 11) is 0. The summed E-state index contributed by atoms with van der Waals surface area (Å²) in [5.74, 6) is -1.78. The van der Waals surface area contributed by atoms with Gasteiger partial charge in [-0.3, -0.25) is 0 Å². The van der Waals surface area contributed by atoms with Crippen LogP contribution in [0.2, 0.25) is 5.15 Å². The lowest BCUT2D eigenvalue weighted by Gasteiger charge is -2.04. The maximum atomic E-state index is 13.0. The van der Waals surface area contributed by atoms with E-state index in [0.29, 0.717) is 14.4 Å². The highest BCUT2D eigenvalue weighted by Crippen LogP contribution is 2.34. The smallest absolute Gasteiger partial charge is 0.159 e. The number of hydrogen-bond acceptors (Lipinski definition) is 3. The van der Waals surface area contributed by atoms with Gasteiger partial charge in [0.1, 0.15) is 16.5 Å². The highest BCUT2D eigenvalue weighted by atomic mass is 79.9. The Morgan fingerprint density at radius 2 is 1.94 bits per heavy atom. The SMILES string of the molecule is Fc1ccc(Sc2ncnc(Cl)c2Br)cc1F. The number of hydrogen-bond donors (Lipinski definition) is 0. The lowest BCUT2D eigenvalue weighted by molar-refractivity contribution is 0.506. The Hall–Kier alpha value is -0.720.